The van der Waals surface area contributed by atoms with Crippen molar-refractivity contribution >= 4 is 27.3 Å². The lowest BCUT2D eigenvalue weighted by atomic mass is 10.2. The van der Waals surface area contributed by atoms with Crippen molar-refractivity contribution in [2.45, 2.75) is 37.4 Å². The Labute approximate surface area is 161 Å². The van der Waals surface area contributed by atoms with Gasteiger partial charge in [0.15, 0.2) is 5.96 Å². The predicted molar refractivity (Wildman–Crippen MR) is 108 cm³/mol. The van der Waals surface area contributed by atoms with Crippen molar-refractivity contribution in [1.29, 1.82) is 0 Å². The summed E-state index contributed by atoms with van der Waals surface area (Å²) in [5.41, 5.74) is 0. The molecular weight excluding hydrogens is 370 g/mol. The molecule has 0 saturated carbocycles. The third-order valence-corrected chi connectivity index (χ3v) is 7.41. The summed E-state index contributed by atoms with van der Waals surface area (Å²) in [5, 5.41) is 5.09. The fraction of sp³-hybridized carbons (Fsp3) is 0.706. The van der Waals surface area contributed by atoms with Gasteiger partial charge >= 0.3 is 0 Å². The molecule has 7 nitrogen and oxygen atoms in total. The number of hydrogen-bond acceptors (Lipinski definition) is 5. The number of nitrogens with one attached hydrogen (secondary N) is 2. The van der Waals surface area contributed by atoms with Gasteiger partial charge < -0.3 is 10.2 Å². The molecule has 1 saturated heterocycles. The standard InChI is InChI=1S/C17H31N5O2S2/c1-4-18-17(22-12-9-15(14-22)21(5-2)6-3)19-10-11-20-26(23,24)16-8-7-13-25-16/h7-8,13,15,20H,4-6,9-12,14H2,1-3H3,(H,18,19). The maximum atomic E-state index is 12.1. The van der Waals surface area contributed by atoms with E-state index < -0.39 is 10.0 Å². The molecule has 1 fully saturated rings. The summed E-state index contributed by atoms with van der Waals surface area (Å²) in [6, 6.07) is 3.91. The quantitative estimate of drug-likeness (QED) is 0.372. The normalized spacial score (nSPS) is 18.7. The number of thiophene rings is 1. The van der Waals surface area contributed by atoms with Crippen LogP contribution in [0.1, 0.15) is 27.2 Å². The van der Waals surface area contributed by atoms with E-state index in [-0.39, 0.29) is 0 Å². The molecule has 0 bridgehead atoms. The molecule has 2 rings (SSSR count). The van der Waals surface area contributed by atoms with E-state index >= 15 is 0 Å². The zero-order chi connectivity index (χ0) is 19.0. The van der Waals surface area contributed by atoms with Crippen molar-refractivity contribution in [2.75, 3.05) is 45.8 Å². The monoisotopic (exact) mass is 401 g/mol. The van der Waals surface area contributed by atoms with Crippen LogP contribution in [0.15, 0.2) is 26.7 Å². The predicted octanol–water partition coefficient (Wildman–Crippen LogP) is 1.41. The van der Waals surface area contributed by atoms with Crippen molar-refractivity contribution in [2.24, 2.45) is 4.99 Å². The summed E-state index contributed by atoms with van der Waals surface area (Å²) in [7, 11) is -3.41. The fourth-order valence-electron chi connectivity index (χ4n) is 3.23. The lowest BCUT2D eigenvalue weighted by Gasteiger charge is -2.27. The number of rotatable bonds is 9. The second kappa shape index (κ2) is 10.2. The number of guanidine groups is 1. The van der Waals surface area contributed by atoms with E-state index in [1.807, 2.05) is 6.92 Å². The first-order chi connectivity index (χ1) is 12.5. The third-order valence-electron chi connectivity index (χ3n) is 4.55. The Bertz CT molecular complexity index is 657. The van der Waals surface area contributed by atoms with Gasteiger partial charge in [-0.1, -0.05) is 19.9 Å². The van der Waals surface area contributed by atoms with E-state index in [0.717, 1.165) is 45.1 Å². The largest absolute Gasteiger partial charge is 0.357 e. The molecule has 9 heteroatoms. The van der Waals surface area contributed by atoms with Crippen molar-refractivity contribution < 1.29 is 8.42 Å². The minimum Gasteiger partial charge on any atom is -0.357 e. The number of nitrogens with zero attached hydrogens (tertiary/aromatic N) is 3. The van der Waals surface area contributed by atoms with Crippen LogP contribution in [0.4, 0.5) is 0 Å². The molecule has 0 radical (unpaired) electrons. The maximum absolute atomic E-state index is 12.1. The zero-order valence-corrected chi connectivity index (χ0v) is 17.6. The third kappa shape index (κ3) is 5.67. The van der Waals surface area contributed by atoms with Gasteiger partial charge in [-0.3, -0.25) is 9.89 Å². The van der Waals surface area contributed by atoms with E-state index in [9.17, 15) is 8.42 Å². The topological polar surface area (TPSA) is 77.0 Å². The number of likely N-dealkylation sites (N-methyl/N-ethyl adjacent to an activating group) is 1. The summed E-state index contributed by atoms with van der Waals surface area (Å²) in [5.74, 6) is 0.873. The Morgan fingerprint density at radius 3 is 2.77 bits per heavy atom. The van der Waals surface area contributed by atoms with Crippen molar-refractivity contribution in [3.63, 3.8) is 0 Å². The van der Waals surface area contributed by atoms with Crippen LogP contribution in [0.25, 0.3) is 0 Å². The highest BCUT2D eigenvalue weighted by Crippen LogP contribution is 2.16. The molecule has 148 valence electrons. The molecule has 1 aliphatic rings. The second-order valence-electron chi connectivity index (χ2n) is 6.18. The van der Waals surface area contributed by atoms with Gasteiger partial charge in [-0.2, -0.15) is 0 Å². The van der Waals surface area contributed by atoms with E-state index in [1.165, 1.54) is 11.3 Å². The molecule has 0 spiro atoms. The lowest BCUT2D eigenvalue weighted by molar-refractivity contribution is 0.223. The number of hydrogen-bond donors (Lipinski definition) is 2. The summed E-state index contributed by atoms with van der Waals surface area (Å²) >= 11 is 1.22. The molecule has 0 aliphatic carbocycles. The molecule has 1 aliphatic heterocycles. The molecule has 1 aromatic heterocycles. The van der Waals surface area contributed by atoms with Crippen molar-refractivity contribution in [3.8, 4) is 0 Å². The minimum absolute atomic E-state index is 0.294. The average Bonchev–Trinajstić information content (AvgIpc) is 3.31. The first kappa shape index (κ1) is 21.1. The molecule has 2 N–H and O–H groups in total. The van der Waals surface area contributed by atoms with Gasteiger partial charge in [0.05, 0.1) is 6.54 Å². The molecular formula is C17H31N5O2S2. The van der Waals surface area contributed by atoms with Crippen LogP contribution in [0, 0.1) is 0 Å². The zero-order valence-electron chi connectivity index (χ0n) is 15.9. The van der Waals surface area contributed by atoms with Gasteiger partial charge in [-0.05, 0) is 37.9 Å². The average molecular weight is 402 g/mol. The van der Waals surface area contributed by atoms with Crippen LogP contribution in [0.2, 0.25) is 0 Å². The van der Waals surface area contributed by atoms with Crippen LogP contribution >= 0.6 is 11.3 Å². The smallest absolute Gasteiger partial charge is 0.250 e. The van der Waals surface area contributed by atoms with Gasteiger partial charge in [-0.25, -0.2) is 13.1 Å². The first-order valence-electron chi connectivity index (χ1n) is 9.32. The number of sulfonamides is 1. The highest BCUT2D eigenvalue weighted by molar-refractivity contribution is 7.91. The fourth-order valence-corrected chi connectivity index (χ4v) is 5.29. The Hall–Kier alpha value is -1.16. The molecule has 0 amide bonds. The Balaban J connectivity index is 1.89. The molecule has 0 aromatic carbocycles. The minimum atomic E-state index is -3.41. The van der Waals surface area contributed by atoms with Crippen molar-refractivity contribution in [1.82, 2.24) is 19.8 Å². The van der Waals surface area contributed by atoms with Gasteiger partial charge in [0.25, 0.3) is 0 Å². The SMILES string of the molecule is CCNC(=NCCNS(=O)(=O)c1cccs1)N1CCC(N(CC)CC)C1. The summed E-state index contributed by atoms with van der Waals surface area (Å²) in [6.45, 7) is 12.0. The summed E-state index contributed by atoms with van der Waals surface area (Å²) < 4.78 is 27.2. The van der Waals surface area contributed by atoms with Gasteiger partial charge in [-0.15, -0.1) is 11.3 Å². The highest BCUT2D eigenvalue weighted by Gasteiger charge is 2.27. The highest BCUT2D eigenvalue weighted by atomic mass is 32.2. The summed E-state index contributed by atoms with van der Waals surface area (Å²) in [4.78, 5) is 9.38. The van der Waals surface area contributed by atoms with E-state index in [4.69, 9.17) is 0 Å². The van der Waals surface area contributed by atoms with Crippen molar-refractivity contribution in [3.05, 3.63) is 17.5 Å². The van der Waals surface area contributed by atoms with Crippen LogP contribution in [0.5, 0.6) is 0 Å². The van der Waals surface area contributed by atoms with Crippen LogP contribution < -0.4 is 10.0 Å². The first-order valence-corrected chi connectivity index (χ1v) is 11.7. The Kier molecular flexibility index (Phi) is 8.33. The van der Waals surface area contributed by atoms with E-state index in [0.29, 0.717) is 23.3 Å². The molecule has 26 heavy (non-hydrogen) atoms. The van der Waals surface area contributed by atoms with Crippen LogP contribution in [-0.2, 0) is 10.0 Å². The lowest BCUT2D eigenvalue weighted by Crippen LogP contribution is -2.43. The molecule has 1 atom stereocenters. The van der Waals surface area contributed by atoms with Gasteiger partial charge in [0, 0.05) is 32.2 Å². The number of aliphatic imine (C=N–C) groups is 1. The molecule has 2 heterocycles. The van der Waals surface area contributed by atoms with Crippen LogP contribution in [-0.4, -0.2) is 76.0 Å². The van der Waals surface area contributed by atoms with Gasteiger partial charge in [0.1, 0.15) is 4.21 Å². The van der Waals surface area contributed by atoms with Crippen LogP contribution in [0.3, 0.4) is 0 Å². The van der Waals surface area contributed by atoms with E-state index in [1.54, 1.807) is 17.5 Å². The van der Waals surface area contributed by atoms with Gasteiger partial charge in [0.2, 0.25) is 10.0 Å². The Morgan fingerprint density at radius 2 is 2.15 bits per heavy atom. The Morgan fingerprint density at radius 1 is 1.38 bits per heavy atom. The second-order valence-corrected chi connectivity index (χ2v) is 9.12. The van der Waals surface area contributed by atoms with E-state index in [2.05, 4.69) is 38.7 Å². The molecule has 1 aromatic rings. The summed E-state index contributed by atoms with van der Waals surface area (Å²) in [6.07, 6.45) is 1.14. The maximum Gasteiger partial charge on any atom is 0.250 e. The number of likely N-dealkylation sites (tertiary alicyclic amines) is 1. The molecule has 1 unspecified atom stereocenters.